The van der Waals surface area contributed by atoms with Crippen LogP contribution in [0.4, 0.5) is 0 Å². The number of hydrogen-bond acceptors (Lipinski definition) is 10. The summed E-state index contributed by atoms with van der Waals surface area (Å²) in [5, 5.41) is 55.2. The van der Waals surface area contributed by atoms with E-state index in [1.165, 1.54) is 0 Å². The second kappa shape index (κ2) is 13.7. The van der Waals surface area contributed by atoms with E-state index in [0.717, 1.165) is 0 Å². The van der Waals surface area contributed by atoms with Crippen molar-refractivity contribution in [3.05, 3.63) is 12.2 Å². The topological polar surface area (TPSA) is 184 Å². The van der Waals surface area contributed by atoms with Gasteiger partial charge in [0.25, 0.3) is 0 Å². The van der Waals surface area contributed by atoms with Gasteiger partial charge >= 0.3 is 0 Å². The van der Waals surface area contributed by atoms with E-state index in [9.17, 15) is 30.3 Å². The fourth-order valence-corrected chi connectivity index (χ4v) is 5.34. The number of aliphatic hydroxyl groups is 5. The molecule has 0 aromatic heterocycles. The molecule has 0 aromatic carbocycles. The maximum atomic E-state index is 13.3. The second-order valence-electron chi connectivity index (χ2n) is 12.4. The third-order valence-corrected chi connectivity index (χ3v) is 8.14. The lowest BCUT2D eigenvalue weighted by molar-refractivity contribution is -0.295. The van der Waals surface area contributed by atoms with E-state index in [1.807, 2.05) is 39.8 Å². The van der Waals surface area contributed by atoms with Gasteiger partial charge in [-0.15, -0.1) is 0 Å². The van der Waals surface area contributed by atoms with Crippen molar-refractivity contribution >= 4 is 5.91 Å². The molecular formula is C28H50N2O9. The van der Waals surface area contributed by atoms with Crippen molar-refractivity contribution in [1.29, 1.82) is 0 Å². The van der Waals surface area contributed by atoms with Crippen molar-refractivity contribution in [2.75, 3.05) is 0 Å². The van der Waals surface area contributed by atoms with Crippen LogP contribution in [0, 0.1) is 17.8 Å². The SMILES string of the molecule is CC(C)/C=C/[C@@H](C[C@@H]1O[C@](O)(C[C@@H](O)C(C)C)CCC1C(=O)NC1CC(O)C1)OC1OC(C)C(O)C(N)C1O. The van der Waals surface area contributed by atoms with Crippen LogP contribution in [0.25, 0.3) is 0 Å². The molecule has 11 nitrogen and oxygen atoms in total. The molecule has 39 heavy (non-hydrogen) atoms. The highest BCUT2D eigenvalue weighted by atomic mass is 16.7. The van der Waals surface area contributed by atoms with Gasteiger partial charge in [-0.05, 0) is 38.0 Å². The van der Waals surface area contributed by atoms with Gasteiger partial charge in [-0.25, -0.2) is 0 Å². The van der Waals surface area contributed by atoms with Crippen LogP contribution in [0.1, 0.15) is 73.1 Å². The molecule has 0 radical (unpaired) electrons. The summed E-state index contributed by atoms with van der Waals surface area (Å²) in [6, 6.07) is -1.07. The number of aliphatic hydroxyl groups excluding tert-OH is 4. The average Bonchev–Trinajstić information content (AvgIpc) is 2.83. The number of carbonyl (C=O) groups is 1. The van der Waals surface area contributed by atoms with E-state index in [0.29, 0.717) is 19.3 Å². The summed E-state index contributed by atoms with van der Waals surface area (Å²) in [6.45, 7) is 9.36. The molecule has 0 spiro atoms. The lowest BCUT2D eigenvalue weighted by Gasteiger charge is -2.45. The molecule has 2 aliphatic heterocycles. The Labute approximate surface area is 231 Å². The molecule has 0 bridgehead atoms. The number of carbonyl (C=O) groups excluding carboxylic acids is 1. The van der Waals surface area contributed by atoms with E-state index in [-0.39, 0.29) is 43.0 Å². The normalized spacial score (nSPS) is 41.0. The zero-order valence-corrected chi connectivity index (χ0v) is 23.8. The van der Waals surface area contributed by atoms with Crippen LogP contribution in [0.2, 0.25) is 0 Å². The average molecular weight is 559 g/mol. The van der Waals surface area contributed by atoms with Crippen LogP contribution in [-0.2, 0) is 19.0 Å². The minimum absolute atomic E-state index is 0.00634. The molecule has 3 aliphatic rings. The molecular weight excluding hydrogens is 508 g/mol. The lowest BCUT2D eigenvalue weighted by atomic mass is 9.83. The van der Waals surface area contributed by atoms with E-state index in [4.69, 9.17) is 19.9 Å². The zero-order chi connectivity index (χ0) is 29.1. The summed E-state index contributed by atoms with van der Waals surface area (Å²) in [6.07, 6.45) is -1.32. The van der Waals surface area contributed by atoms with E-state index < -0.39 is 66.8 Å². The molecule has 1 amide bonds. The predicted molar refractivity (Wildman–Crippen MR) is 143 cm³/mol. The molecule has 8 N–H and O–H groups in total. The highest BCUT2D eigenvalue weighted by molar-refractivity contribution is 5.79. The molecule has 3 fully saturated rings. The van der Waals surface area contributed by atoms with Crippen molar-refractivity contribution in [2.45, 2.75) is 140 Å². The van der Waals surface area contributed by atoms with Crippen molar-refractivity contribution in [3.63, 3.8) is 0 Å². The number of nitrogens with one attached hydrogen (secondary N) is 1. The predicted octanol–water partition coefficient (Wildman–Crippen LogP) is 0.298. The Balaban J connectivity index is 1.81. The summed E-state index contributed by atoms with van der Waals surface area (Å²) >= 11 is 0. The Kier molecular flexibility index (Phi) is 11.3. The van der Waals surface area contributed by atoms with Gasteiger partial charge in [0.1, 0.15) is 6.10 Å². The van der Waals surface area contributed by atoms with Crippen molar-refractivity contribution in [3.8, 4) is 0 Å². The third kappa shape index (κ3) is 8.67. The molecule has 1 aliphatic carbocycles. The van der Waals surface area contributed by atoms with Gasteiger partial charge in [-0.3, -0.25) is 4.79 Å². The van der Waals surface area contributed by atoms with Gasteiger partial charge in [0.2, 0.25) is 5.91 Å². The van der Waals surface area contributed by atoms with Gasteiger partial charge < -0.3 is 50.8 Å². The summed E-state index contributed by atoms with van der Waals surface area (Å²) < 4.78 is 18.1. The second-order valence-corrected chi connectivity index (χ2v) is 12.4. The number of ether oxygens (including phenoxy) is 3. The Morgan fingerprint density at radius 3 is 2.41 bits per heavy atom. The molecule has 0 aromatic rings. The van der Waals surface area contributed by atoms with Gasteiger partial charge in [0.15, 0.2) is 12.1 Å². The highest BCUT2D eigenvalue weighted by Gasteiger charge is 2.47. The number of amides is 1. The first-order chi connectivity index (χ1) is 18.2. The molecule has 10 atom stereocenters. The Morgan fingerprint density at radius 1 is 1.15 bits per heavy atom. The monoisotopic (exact) mass is 558 g/mol. The number of rotatable bonds is 11. The lowest BCUT2D eigenvalue weighted by Crippen LogP contribution is -2.61. The fourth-order valence-electron chi connectivity index (χ4n) is 5.34. The van der Waals surface area contributed by atoms with Crippen molar-refractivity contribution in [2.24, 2.45) is 23.5 Å². The molecule has 6 unspecified atom stereocenters. The molecule has 2 saturated heterocycles. The zero-order valence-electron chi connectivity index (χ0n) is 23.8. The molecule has 3 rings (SSSR count). The van der Waals surface area contributed by atoms with E-state index >= 15 is 0 Å². The first-order valence-corrected chi connectivity index (χ1v) is 14.4. The van der Waals surface area contributed by atoms with Crippen LogP contribution < -0.4 is 11.1 Å². The Hall–Kier alpha value is -1.15. The first-order valence-electron chi connectivity index (χ1n) is 14.4. The van der Waals surface area contributed by atoms with Crippen LogP contribution in [-0.4, -0.2) is 98.3 Å². The van der Waals surface area contributed by atoms with Gasteiger partial charge in [0.05, 0.1) is 48.6 Å². The smallest absolute Gasteiger partial charge is 0.225 e. The van der Waals surface area contributed by atoms with Crippen LogP contribution >= 0.6 is 0 Å². The van der Waals surface area contributed by atoms with E-state index in [2.05, 4.69) is 5.32 Å². The van der Waals surface area contributed by atoms with Crippen LogP contribution in [0.3, 0.4) is 0 Å². The fraction of sp³-hybridized carbons (Fsp3) is 0.893. The standard InChI is InChI=1S/C28H50N2O9/c1-14(2)6-7-19(38-27-25(34)23(29)24(33)16(5)37-27)12-22-20(26(35)30-17-10-18(31)11-17)8-9-28(36,39-22)13-21(32)15(3)4/h6-7,14-25,27,31-34,36H,8-13,29H2,1-5H3,(H,30,35)/b7-6+/t16?,17?,18?,19-,20?,21+,22-,23?,24?,25?,27?,28-/m0/s1. The minimum atomic E-state index is -1.62. The Bertz CT molecular complexity index is 821. The van der Waals surface area contributed by atoms with Gasteiger partial charge in [-0.1, -0.05) is 39.8 Å². The number of allylic oxidation sites excluding steroid dienone is 1. The summed E-state index contributed by atoms with van der Waals surface area (Å²) in [4.78, 5) is 13.3. The first kappa shape index (κ1) is 32.4. The van der Waals surface area contributed by atoms with E-state index in [1.54, 1.807) is 6.92 Å². The molecule has 11 heteroatoms. The van der Waals surface area contributed by atoms with Gasteiger partial charge in [0, 0.05) is 25.3 Å². The van der Waals surface area contributed by atoms with Gasteiger partial charge in [-0.2, -0.15) is 0 Å². The third-order valence-electron chi connectivity index (χ3n) is 8.14. The number of nitrogens with two attached hydrogens (primary N) is 1. The minimum Gasteiger partial charge on any atom is -0.393 e. The summed E-state index contributed by atoms with van der Waals surface area (Å²) in [5.74, 6) is -2.34. The van der Waals surface area contributed by atoms with Crippen LogP contribution in [0.15, 0.2) is 12.2 Å². The largest absolute Gasteiger partial charge is 0.393 e. The Morgan fingerprint density at radius 2 is 1.82 bits per heavy atom. The van der Waals surface area contributed by atoms with Crippen molar-refractivity contribution < 1.29 is 44.5 Å². The summed E-state index contributed by atoms with van der Waals surface area (Å²) in [7, 11) is 0. The highest BCUT2D eigenvalue weighted by Crippen LogP contribution is 2.38. The maximum Gasteiger partial charge on any atom is 0.225 e. The summed E-state index contributed by atoms with van der Waals surface area (Å²) in [5.41, 5.74) is 6.00. The molecule has 2 heterocycles. The molecule has 226 valence electrons. The van der Waals surface area contributed by atoms with Crippen molar-refractivity contribution in [1.82, 2.24) is 5.32 Å². The molecule has 1 saturated carbocycles. The quantitative estimate of drug-likeness (QED) is 0.174. The number of hydrogen-bond donors (Lipinski definition) is 7. The van der Waals surface area contributed by atoms with Crippen LogP contribution in [0.5, 0.6) is 0 Å². The maximum absolute atomic E-state index is 13.3.